The van der Waals surface area contributed by atoms with Crippen LogP contribution in [0.3, 0.4) is 0 Å². The van der Waals surface area contributed by atoms with E-state index in [1.165, 1.54) is 0 Å². The number of carbonyl (C=O) groups excluding carboxylic acids is 1. The molecule has 7 heteroatoms. The van der Waals surface area contributed by atoms with Crippen LogP contribution in [0.5, 0.6) is 5.75 Å². The standard InChI is InChI=1S/C18H13ClN4O2/c19-14-8-9-15(13-6-2-1-5-12(13)14)25-11-17(24)20-18-22-21-16-7-3-4-10-23(16)18/h1-10H,11H2,(H,20,22,24). The fourth-order valence-corrected chi connectivity index (χ4v) is 2.82. The Bertz CT molecular complexity index is 1080. The van der Waals surface area contributed by atoms with Gasteiger partial charge in [-0.3, -0.25) is 14.5 Å². The number of aromatic nitrogens is 3. The summed E-state index contributed by atoms with van der Waals surface area (Å²) in [4.78, 5) is 12.2. The van der Waals surface area contributed by atoms with E-state index >= 15 is 0 Å². The SMILES string of the molecule is O=C(COc1ccc(Cl)c2ccccc12)Nc1nnc2ccccn12. The zero-order valence-corrected chi connectivity index (χ0v) is 13.8. The van der Waals surface area contributed by atoms with Gasteiger partial charge in [-0.1, -0.05) is 41.9 Å². The van der Waals surface area contributed by atoms with Gasteiger partial charge >= 0.3 is 0 Å². The van der Waals surface area contributed by atoms with Crippen molar-refractivity contribution in [3.05, 3.63) is 65.8 Å². The Morgan fingerprint density at radius 1 is 1.04 bits per heavy atom. The van der Waals surface area contributed by atoms with E-state index in [0.717, 1.165) is 10.8 Å². The van der Waals surface area contributed by atoms with Gasteiger partial charge in [-0.25, -0.2) is 0 Å². The molecule has 0 unspecified atom stereocenters. The van der Waals surface area contributed by atoms with E-state index < -0.39 is 0 Å². The highest BCUT2D eigenvalue weighted by Gasteiger charge is 2.11. The molecule has 124 valence electrons. The minimum absolute atomic E-state index is 0.145. The van der Waals surface area contributed by atoms with Crippen LogP contribution in [-0.4, -0.2) is 27.1 Å². The molecule has 0 atom stereocenters. The number of hydrogen-bond donors (Lipinski definition) is 1. The molecule has 0 saturated carbocycles. The highest BCUT2D eigenvalue weighted by atomic mass is 35.5. The largest absolute Gasteiger partial charge is 0.483 e. The molecule has 0 bridgehead atoms. The Morgan fingerprint density at radius 3 is 2.72 bits per heavy atom. The highest BCUT2D eigenvalue weighted by Crippen LogP contribution is 2.31. The van der Waals surface area contributed by atoms with Crippen LogP contribution < -0.4 is 10.1 Å². The summed E-state index contributed by atoms with van der Waals surface area (Å²) in [5, 5.41) is 13.0. The molecule has 0 fully saturated rings. The molecule has 1 N–H and O–H groups in total. The van der Waals surface area contributed by atoms with Crippen LogP contribution in [0.4, 0.5) is 5.95 Å². The van der Waals surface area contributed by atoms with Gasteiger partial charge in [-0.15, -0.1) is 10.2 Å². The molecule has 0 radical (unpaired) electrons. The summed E-state index contributed by atoms with van der Waals surface area (Å²) in [6.45, 7) is -0.145. The fraction of sp³-hybridized carbons (Fsp3) is 0.0556. The van der Waals surface area contributed by atoms with E-state index in [-0.39, 0.29) is 12.5 Å². The van der Waals surface area contributed by atoms with Gasteiger partial charge in [-0.05, 0) is 24.3 Å². The molecule has 0 spiro atoms. The fourth-order valence-electron chi connectivity index (χ4n) is 2.59. The van der Waals surface area contributed by atoms with Gasteiger partial charge in [0, 0.05) is 22.0 Å². The summed E-state index contributed by atoms with van der Waals surface area (Å²) in [5.74, 6) is 0.628. The van der Waals surface area contributed by atoms with Crippen molar-refractivity contribution in [2.75, 3.05) is 11.9 Å². The first-order chi connectivity index (χ1) is 12.2. The highest BCUT2D eigenvalue weighted by molar-refractivity contribution is 6.35. The second kappa shape index (κ2) is 6.41. The van der Waals surface area contributed by atoms with Crippen LogP contribution in [-0.2, 0) is 4.79 Å². The summed E-state index contributed by atoms with van der Waals surface area (Å²) >= 11 is 6.19. The van der Waals surface area contributed by atoms with Gasteiger partial charge in [0.15, 0.2) is 12.3 Å². The molecule has 4 rings (SSSR count). The Hall–Kier alpha value is -3.12. The van der Waals surface area contributed by atoms with Crippen molar-refractivity contribution in [1.82, 2.24) is 14.6 Å². The second-order valence-corrected chi connectivity index (χ2v) is 5.79. The first kappa shape index (κ1) is 15.4. The van der Waals surface area contributed by atoms with Crippen LogP contribution in [0.1, 0.15) is 0 Å². The predicted octanol–water partition coefficient (Wildman–Crippen LogP) is 3.55. The lowest BCUT2D eigenvalue weighted by Crippen LogP contribution is -2.21. The lowest BCUT2D eigenvalue weighted by molar-refractivity contribution is -0.118. The molecule has 2 aromatic heterocycles. The Labute approximate surface area is 148 Å². The maximum Gasteiger partial charge on any atom is 0.264 e. The molecular formula is C18H13ClN4O2. The molecule has 25 heavy (non-hydrogen) atoms. The lowest BCUT2D eigenvalue weighted by atomic mass is 10.1. The number of ether oxygens (including phenoxy) is 1. The van der Waals surface area contributed by atoms with Crippen molar-refractivity contribution in [2.24, 2.45) is 0 Å². The maximum atomic E-state index is 12.2. The van der Waals surface area contributed by atoms with E-state index in [1.807, 2.05) is 36.4 Å². The average Bonchev–Trinajstić information content (AvgIpc) is 3.04. The van der Waals surface area contributed by atoms with Gasteiger partial charge in [-0.2, -0.15) is 0 Å². The normalized spacial score (nSPS) is 10.9. The summed E-state index contributed by atoms with van der Waals surface area (Å²) in [6, 6.07) is 16.6. The van der Waals surface area contributed by atoms with Crippen LogP contribution >= 0.6 is 11.6 Å². The van der Waals surface area contributed by atoms with Gasteiger partial charge in [0.05, 0.1) is 0 Å². The molecule has 6 nitrogen and oxygen atoms in total. The Kier molecular flexibility index (Phi) is 3.95. The maximum absolute atomic E-state index is 12.2. The van der Waals surface area contributed by atoms with Crippen LogP contribution in [0.2, 0.25) is 5.02 Å². The summed E-state index contributed by atoms with van der Waals surface area (Å²) in [5.41, 5.74) is 0.655. The number of nitrogens with one attached hydrogen (secondary N) is 1. The molecule has 2 aromatic carbocycles. The smallest absolute Gasteiger partial charge is 0.264 e. The number of fused-ring (bicyclic) bond motifs is 2. The number of rotatable bonds is 4. The van der Waals surface area contributed by atoms with Crippen molar-refractivity contribution >= 4 is 39.9 Å². The first-order valence-corrected chi connectivity index (χ1v) is 8.00. The van der Waals surface area contributed by atoms with E-state index in [2.05, 4.69) is 15.5 Å². The number of anilines is 1. The molecule has 0 saturated heterocycles. The van der Waals surface area contributed by atoms with Gasteiger partial charge in [0.25, 0.3) is 5.91 Å². The van der Waals surface area contributed by atoms with Crippen LogP contribution in [0.15, 0.2) is 60.8 Å². The number of hydrogen-bond acceptors (Lipinski definition) is 4. The monoisotopic (exact) mass is 352 g/mol. The molecule has 4 aromatic rings. The van der Waals surface area contributed by atoms with Crippen LogP contribution in [0, 0.1) is 0 Å². The third-order valence-corrected chi connectivity index (χ3v) is 4.08. The second-order valence-electron chi connectivity index (χ2n) is 5.38. The number of halogens is 1. The minimum Gasteiger partial charge on any atom is -0.483 e. The van der Waals surface area contributed by atoms with E-state index in [1.54, 1.807) is 28.8 Å². The molecule has 2 heterocycles. The summed E-state index contributed by atoms with van der Waals surface area (Å²) in [6.07, 6.45) is 1.78. The van der Waals surface area contributed by atoms with Gasteiger partial charge in [0.1, 0.15) is 5.75 Å². The zero-order valence-electron chi connectivity index (χ0n) is 13.0. The van der Waals surface area contributed by atoms with E-state index in [0.29, 0.717) is 22.4 Å². The topological polar surface area (TPSA) is 68.5 Å². The quantitative estimate of drug-likeness (QED) is 0.610. The molecular weight excluding hydrogens is 340 g/mol. The lowest BCUT2D eigenvalue weighted by Gasteiger charge is -2.10. The molecule has 0 aliphatic carbocycles. The average molecular weight is 353 g/mol. The number of carbonyl (C=O) groups is 1. The van der Waals surface area contributed by atoms with Crippen molar-refractivity contribution in [1.29, 1.82) is 0 Å². The molecule has 0 aliphatic heterocycles. The summed E-state index contributed by atoms with van der Waals surface area (Å²) < 4.78 is 7.36. The van der Waals surface area contributed by atoms with Crippen molar-refractivity contribution in [2.45, 2.75) is 0 Å². The molecule has 1 amide bonds. The van der Waals surface area contributed by atoms with E-state index in [4.69, 9.17) is 16.3 Å². The predicted molar refractivity (Wildman–Crippen MR) is 96.1 cm³/mol. The number of benzene rings is 2. The zero-order chi connectivity index (χ0) is 17.2. The summed E-state index contributed by atoms with van der Waals surface area (Å²) in [7, 11) is 0. The minimum atomic E-state index is -0.322. The van der Waals surface area contributed by atoms with E-state index in [9.17, 15) is 4.79 Å². The van der Waals surface area contributed by atoms with Gasteiger partial charge in [0.2, 0.25) is 5.95 Å². The van der Waals surface area contributed by atoms with Crippen molar-refractivity contribution < 1.29 is 9.53 Å². The molecule has 0 aliphatic rings. The third-order valence-electron chi connectivity index (χ3n) is 3.75. The third kappa shape index (κ3) is 2.99. The van der Waals surface area contributed by atoms with Crippen LogP contribution in [0.25, 0.3) is 16.4 Å². The van der Waals surface area contributed by atoms with Gasteiger partial charge < -0.3 is 4.74 Å². The van der Waals surface area contributed by atoms with Crippen molar-refractivity contribution in [3.8, 4) is 5.75 Å². The van der Waals surface area contributed by atoms with Crippen molar-refractivity contribution in [3.63, 3.8) is 0 Å². The Balaban J connectivity index is 1.50. The number of amides is 1. The first-order valence-electron chi connectivity index (χ1n) is 7.62. The Morgan fingerprint density at radius 2 is 1.84 bits per heavy atom. The number of pyridine rings is 1. The number of nitrogens with zero attached hydrogens (tertiary/aromatic N) is 3.